The van der Waals surface area contributed by atoms with Crippen molar-refractivity contribution >= 4 is 5.82 Å². The van der Waals surface area contributed by atoms with Crippen molar-refractivity contribution in [1.29, 1.82) is 5.26 Å². The van der Waals surface area contributed by atoms with Gasteiger partial charge >= 0.3 is 0 Å². The number of nitriles is 1. The first-order valence-electron chi connectivity index (χ1n) is 5.11. The van der Waals surface area contributed by atoms with Gasteiger partial charge in [0, 0.05) is 32.4 Å². The quantitative estimate of drug-likeness (QED) is 0.774. The smallest absolute Gasteiger partial charge is 0.163 e. The maximum absolute atomic E-state index is 8.63. The number of hydrogen-bond acceptors (Lipinski definition) is 5. The molecule has 2 heterocycles. The molecule has 0 saturated heterocycles. The van der Waals surface area contributed by atoms with E-state index in [2.05, 4.69) is 15.3 Å². The molecule has 0 unspecified atom stereocenters. The van der Waals surface area contributed by atoms with Crippen LogP contribution in [0.5, 0.6) is 0 Å². The molecule has 6 nitrogen and oxygen atoms in total. The van der Waals surface area contributed by atoms with Gasteiger partial charge in [-0.05, 0) is 12.1 Å². The summed E-state index contributed by atoms with van der Waals surface area (Å²) >= 11 is 0. The molecule has 0 atom stereocenters. The number of hydrogen-bond donors (Lipinski definition) is 0. The number of aromatic nitrogens is 4. The van der Waals surface area contributed by atoms with Gasteiger partial charge in [0.15, 0.2) is 11.5 Å². The molecule has 0 amide bonds. The van der Waals surface area contributed by atoms with Crippen LogP contribution < -0.4 is 4.90 Å². The highest BCUT2D eigenvalue weighted by Crippen LogP contribution is 2.10. The van der Waals surface area contributed by atoms with E-state index in [0.717, 1.165) is 11.4 Å². The summed E-state index contributed by atoms with van der Waals surface area (Å²) in [5, 5.41) is 20.5. The average Bonchev–Trinajstić information content (AvgIpc) is 2.75. The van der Waals surface area contributed by atoms with E-state index < -0.39 is 0 Å². The Morgan fingerprint density at radius 2 is 2.24 bits per heavy atom. The van der Waals surface area contributed by atoms with Crippen LogP contribution in [0.15, 0.2) is 24.5 Å². The zero-order valence-electron chi connectivity index (χ0n) is 9.70. The zero-order chi connectivity index (χ0) is 12.3. The largest absolute Gasteiger partial charge is 0.354 e. The van der Waals surface area contributed by atoms with E-state index in [1.54, 1.807) is 16.8 Å². The standard InChI is InChI=1S/C11H12N6/c1-16(7-9-6-13-17(2)8-9)11-4-3-10(5-12)14-15-11/h3-4,6,8H,7H2,1-2H3. The molecule has 17 heavy (non-hydrogen) atoms. The Balaban J connectivity index is 2.09. The molecule has 86 valence electrons. The Labute approximate surface area is 99.1 Å². The van der Waals surface area contributed by atoms with Crippen molar-refractivity contribution in [3.63, 3.8) is 0 Å². The summed E-state index contributed by atoms with van der Waals surface area (Å²) in [7, 11) is 3.80. The maximum atomic E-state index is 8.63. The van der Waals surface area contributed by atoms with Crippen molar-refractivity contribution in [1.82, 2.24) is 20.0 Å². The van der Waals surface area contributed by atoms with E-state index in [0.29, 0.717) is 12.2 Å². The molecule has 0 saturated carbocycles. The van der Waals surface area contributed by atoms with E-state index in [1.165, 1.54) is 0 Å². The molecular formula is C11H12N6. The summed E-state index contributed by atoms with van der Waals surface area (Å²) in [5.41, 5.74) is 1.42. The van der Waals surface area contributed by atoms with Gasteiger partial charge in [0.2, 0.25) is 0 Å². The minimum Gasteiger partial charge on any atom is -0.354 e. The highest BCUT2D eigenvalue weighted by molar-refractivity contribution is 5.38. The van der Waals surface area contributed by atoms with E-state index >= 15 is 0 Å². The number of aryl methyl sites for hydroxylation is 1. The Kier molecular flexibility index (Phi) is 3.01. The van der Waals surface area contributed by atoms with Crippen LogP contribution in [0.2, 0.25) is 0 Å². The van der Waals surface area contributed by atoms with Crippen LogP contribution in [0.25, 0.3) is 0 Å². The minimum atomic E-state index is 0.323. The molecule has 0 aliphatic carbocycles. The van der Waals surface area contributed by atoms with Crippen LogP contribution in [0.4, 0.5) is 5.82 Å². The lowest BCUT2D eigenvalue weighted by molar-refractivity contribution is 0.766. The van der Waals surface area contributed by atoms with Gasteiger partial charge in [0.1, 0.15) is 6.07 Å². The van der Waals surface area contributed by atoms with Gasteiger partial charge < -0.3 is 4.90 Å². The Morgan fingerprint density at radius 3 is 2.76 bits per heavy atom. The second-order valence-corrected chi connectivity index (χ2v) is 3.77. The van der Waals surface area contributed by atoms with Crippen LogP contribution in [0, 0.1) is 11.3 Å². The molecule has 2 rings (SSSR count). The monoisotopic (exact) mass is 228 g/mol. The van der Waals surface area contributed by atoms with E-state index in [9.17, 15) is 0 Å². The van der Waals surface area contributed by atoms with Crippen molar-refractivity contribution in [2.24, 2.45) is 7.05 Å². The molecular weight excluding hydrogens is 216 g/mol. The molecule has 0 aliphatic rings. The fraction of sp³-hybridized carbons (Fsp3) is 0.273. The lowest BCUT2D eigenvalue weighted by Crippen LogP contribution is -2.17. The number of anilines is 1. The first-order chi connectivity index (χ1) is 8.19. The summed E-state index contributed by atoms with van der Waals surface area (Å²) in [4.78, 5) is 1.95. The Morgan fingerprint density at radius 1 is 1.41 bits per heavy atom. The summed E-state index contributed by atoms with van der Waals surface area (Å²) in [6, 6.07) is 5.38. The lowest BCUT2D eigenvalue weighted by atomic mass is 10.3. The van der Waals surface area contributed by atoms with Gasteiger partial charge in [-0.25, -0.2) is 0 Å². The van der Waals surface area contributed by atoms with Crippen LogP contribution in [0.1, 0.15) is 11.3 Å². The number of rotatable bonds is 3. The molecule has 0 radical (unpaired) electrons. The van der Waals surface area contributed by atoms with Gasteiger partial charge in [-0.2, -0.15) is 10.4 Å². The van der Waals surface area contributed by atoms with Gasteiger partial charge in [0.05, 0.1) is 6.20 Å². The third-order valence-corrected chi connectivity index (χ3v) is 2.33. The topological polar surface area (TPSA) is 70.6 Å². The highest BCUT2D eigenvalue weighted by Gasteiger charge is 2.05. The van der Waals surface area contributed by atoms with Crippen molar-refractivity contribution in [3.05, 3.63) is 35.8 Å². The van der Waals surface area contributed by atoms with Gasteiger partial charge in [-0.15, -0.1) is 10.2 Å². The average molecular weight is 228 g/mol. The maximum Gasteiger partial charge on any atom is 0.163 e. The van der Waals surface area contributed by atoms with Crippen molar-refractivity contribution in [3.8, 4) is 6.07 Å². The minimum absolute atomic E-state index is 0.323. The summed E-state index contributed by atoms with van der Waals surface area (Å²) in [6.07, 6.45) is 3.77. The third-order valence-electron chi connectivity index (χ3n) is 2.33. The van der Waals surface area contributed by atoms with Crippen molar-refractivity contribution in [2.75, 3.05) is 11.9 Å². The molecule has 0 aromatic carbocycles. The van der Waals surface area contributed by atoms with E-state index in [1.807, 2.05) is 37.5 Å². The molecule has 6 heteroatoms. The van der Waals surface area contributed by atoms with E-state index in [4.69, 9.17) is 5.26 Å². The first kappa shape index (κ1) is 11.1. The van der Waals surface area contributed by atoms with Gasteiger partial charge in [0.25, 0.3) is 0 Å². The molecule has 2 aromatic heterocycles. The fourth-order valence-corrected chi connectivity index (χ4v) is 1.50. The molecule has 2 aromatic rings. The lowest BCUT2D eigenvalue weighted by Gasteiger charge is -2.15. The Bertz CT molecular complexity index is 536. The van der Waals surface area contributed by atoms with Gasteiger partial charge in [-0.1, -0.05) is 0 Å². The van der Waals surface area contributed by atoms with E-state index in [-0.39, 0.29) is 0 Å². The molecule has 0 N–H and O–H groups in total. The fourth-order valence-electron chi connectivity index (χ4n) is 1.50. The van der Waals surface area contributed by atoms with Crippen LogP contribution >= 0.6 is 0 Å². The molecule has 0 aliphatic heterocycles. The van der Waals surface area contributed by atoms with Crippen molar-refractivity contribution in [2.45, 2.75) is 6.54 Å². The first-order valence-corrected chi connectivity index (χ1v) is 5.11. The van der Waals surface area contributed by atoms with Crippen LogP contribution in [-0.4, -0.2) is 27.0 Å². The molecule has 0 fully saturated rings. The van der Waals surface area contributed by atoms with Crippen LogP contribution in [-0.2, 0) is 13.6 Å². The van der Waals surface area contributed by atoms with Crippen LogP contribution in [0.3, 0.4) is 0 Å². The molecule has 0 spiro atoms. The summed E-state index contributed by atoms with van der Waals surface area (Å²) < 4.78 is 1.76. The SMILES string of the molecule is CN(Cc1cnn(C)c1)c1ccc(C#N)nn1. The summed E-state index contributed by atoms with van der Waals surface area (Å²) in [6.45, 7) is 0.703. The van der Waals surface area contributed by atoms with Crippen molar-refractivity contribution < 1.29 is 0 Å². The predicted molar refractivity (Wildman–Crippen MR) is 62.1 cm³/mol. The highest BCUT2D eigenvalue weighted by atomic mass is 15.3. The zero-order valence-corrected chi connectivity index (χ0v) is 9.70. The normalized spacial score (nSPS) is 9.94. The third kappa shape index (κ3) is 2.58. The second-order valence-electron chi connectivity index (χ2n) is 3.77. The predicted octanol–water partition coefficient (Wildman–Crippen LogP) is 0.718. The second kappa shape index (κ2) is 4.61. The molecule has 0 bridgehead atoms. The van der Waals surface area contributed by atoms with Gasteiger partial charge in [-0.3, -0.25) is 4.68 Å². The Hall–Kier alpha value is -2.42. The summed E-state index contributed by atoms with van der Waals surface area (Å²) in [5.74, 6) is 0.729. The number of nitrogens with zero attached hydrogens (tertiary/aromatic N) is 6.